The molecule has 4 fully saturated rings. The third-order valence-corrected chi connectivity index (χ3v) is 10.6. The molecule has 4 aliphatic rings. The molecule has 0 amide bonds. The maximum absolute atomic E-state index is 2.44. The van der Waals surface area contributed by atoms with Crippen molar-refractivity contribution < 1.29 is 0 Å². The molecule has 0 atom stereocenters. The van der Waals surface area contributed by atoms with Crippen molar-refractivity contribution in [2.45, 2.75) is 143 Å². The predicted octanol–water partition coefficient (Wildman–Crippen LogP) is 11.2. The Bertz CT molecular complexity index is 553. The summed E-state index contributed by atoms with van der Waals surface area (Å²) in [6.07, 6.45) is 36.2. The second-order valence-electron chi connectivity index (χ2n) is 13.2. The van der Waals surface area contributed by atoms with Crippen LogP contribution in [0.3, 0.4) is 0 Å². The fourth-order valence-corrected chi connectivity index (χ4v) is 8.04. The van der Waals surface area contributed by atoms with Crippen molar-refractivity contribution in [1.29, 1.82) is 0 Å². The summed E-state index contributed by atoms with van der Waals surface area (Å²) in [5.74, 6) is 8.32. The highest BCUT2D eigenvalue weighted by Crippen LogP contribution is 2.43. The van der Waals surface area contributed by atoms with E-state index in [0.29, 0.717) is 0 Å². The van der Waals surface area contributed by atoms with Gasteiger partial charge < -0.3 is 0 Å². The average molecular weight is 469 g/mol. The van der Waals surface area contributed by atoms with Crippen LogP contribution in [-0.4, -0.2) is 0 Å². The maximum atomic E-state index is 2.44. The Balaban J connectivity index is 0.000000192. The predicted molar refractivity (Wildman–Crippen MR) is 152 cm³/mol. The van der Waals surface area contributed by atoms with Gasteiger partial charge in [0.15, 0.2) is 0 Å². The van der Waals surface area contributed by atoms with Gasteiger partial charge in [0.05, 0.1) is 0 Å². The molecule has 34 heavy (non-hydrogen) atoms. The molecule has 0 heterocycles. The molecule has 0 aliphatic heterocycles. The van der Waals surface area contributed by atoms with Crippen LogP contribution >= 0.6 is 0 Å². The summed E-state index contributed by atoms with van der Waals surface area (Å²) >= 11 is 0. The summed E-state index contributed by atoms with van der Waals surface area (Å²) in [6, 6.07) is 0. The molecule has 0 N–H and O–H groups in total. The van der Waals surface area contributed by atoms with E-state index >= 15 is 0 Å². The molecular weight excluding hydrogens is 408 g/mol. The smallest absolute Gasteiger partial charge is 0.0233 e. The first-order valence-electron chi connectivity index (χ1n) is 15.8. The van der Waals surface area contributed by atoms with Gasteiger partial charge in [0.2, 0.25) is 0 Å². The zero-order chi connectivity index (χ0) is 24.2. The van der Waals surface area contributed by atoms with E-state index in [-0.39, 0.29) is 0 Å². The van der Waals surface area contributed by atoms with Crippen LogP contribution in [0.4, 0.5) is 0 Å². The van der Waals surface area contributed by atoms with Crippen LogP contribution in [0.1, 0.15) is 143 Å². The van der Waals surface area contributed by atoms with E-state index in [2.05, 4.69) is 52.0 Å². The van der Waals surface area contributed by atoms with E-state index in [1.54, 1.807) is 12.8 Å². The molecule has 0 unspecified atom stereocenters. The number of rotatable bonds is 6. The van der Waals surface area contributed by atoms with Gasteiger partial charge in [-0.05, 0) is 138 Å². The van der Waals surface area contributed by atoms with Gasteiger partial charge in [0.25, 0.3) is 0 Å². The Kier molecular flexibility index (Phi) is 12.8. The van der Waals surface area contributed by atoms with Crippen molar-refractivity contribution in [2.75, 3.05) is 0 Å². The van der Waals surface area contributed by atoms with Crippen LogP contribution in [-0.2, 0) is 0 Å². The molecule has 196 valence electrons. The average Bonchev–Trinajstić information content (AvgIpc) is 2.87. The minimum absolute atomic E-state index is 0.906. The van der Waals surface area contributed by atoms with E-state index in [1.807, 2.05) is 0 Å². The van der Waals surface area contributed by atoms with Crippen LogP contribution in [0.2, 0.25) is 0 Å². The number of hydrogen-bond acceptors (Lipinski definition) is 0. The fourth-order valence-electron chi connectivity index (χ4n) is 8.04. The zero-order valence-electron chi connectivity index (χ0n) is 23.7. The minimum atomic E-state index is 0.906. The Morgan fingerprint density at radius 1 is 0.500 bits per heavy atom. The topological polar surface area (TPSA) is 0 Å². The Morgan fingerprint density at radius 3 is 1.32 bits per heavy atom. The van der Waals surface area contributed by atoms with Gasteiger partial charge in [-0.3, -0.25) is 0 Å². The van der Waals surface area contributed by atoms with Crippen molar-refractivity contribution in [3.63, 3.8) is 0 Å². The van der Waals surface area contributed by atoms with E-state index < -0.39 is 0 Å². The molecule has 0 aromatic rings. The van der Waals surface area contributed by atoms with Crippen molar-refractivity contribution in [3.8, 4) is 0 Å². The normalized spacial score (nSPS) is 39.6. The molecule has 4 saturated carbocycles. The molecule has 0 aromatic carbocycles. The number of allylic oxidation sites excluding steroid dienone is 4. The summed E-state index contributed by atoms with van der Waals surface area (Å²) in [5.41, 5.74) is 0. The lowest BCUT2D eigenvalue weighted by Gasteiger charge is -2.37. The Morgan fingerprint density at radius 2 is 0.912 bits per heavy atom. The van der Waals surface area contributed by atoms with Gasteiger partial charge >= 0.3 is 0 Å². The highest BCUT2D eigenvalue weighted by molar-refractivity contribution is 4.90. The summed E-state index contributed by atoms with van der Waals surface area (Å²) in [7, 11) is 0. The summed E-state index contributed by atoms with van der Waals surface area (Å²) in [5, 5.41) is 0. The standard InChI is InChI=1S/C18H32.C16H28/c1-3-4-5-6-16-9-13-18(14-10-16)17-11-7-15(2)8-12-17;1-3-4-14-7-11-16(12-8-14)15-9-5-13(2)6-10-15/h3-4,15-18H,5-14H2,1-2H3;3-4,13-16H,5-12H2,1-2H3/b2*4-3+. The van der Waals surface area contributed by atoms with Crippen molar-refractivity contribution in [3.05, 3.63) is 24.3 Å². The molecule has 4 aliphatic carbocycles. The van der Waals surface area contributed by atoms with E-state index in [1.165, 1.54) is 103 Å². The van der Waals surface area contributed by atoms with Gasteiger partial charge in [-0.1, -0.05) is 76.7 Å². The Labute approximate surface area is 214 Å². The maximum Gasteiger partial charge on any atom is -0.0233 e. The second kappa shape index (κ2) is 15.6. The van der Waals surface area contributed by atoms with Crippen molar-refractivity contribution in [1.82, 2.24) is 0 Å². The first-order valence-corrected chi connectivity index (χ1v) is 15.8. The fraction of sp³-hybridized carbons (Fsp3) is 0.882. The monoisotopic (exact) mass is 468 g/mol. The first-order chi connectivity index (χ1) is 16.6. The van der Waals surface area contributed by atoms with Gasteiger partial charge in [-0.15, -0.1) is 0 Å². The molecular formula is C34H60. The molecule has 0 saturated heterocycles. The molecule has 0 radical (unpaired) electrons. The molecule has 0 nitrogen and oxygen atoms in total. The molecule has 0 heteroatoms. The van der Waals surface area contributed by atoms with E-state index in [0.717, 1.165) is 47.3 Å². The van der Waals surface area contributed by atoms with Crippen LogP contribution in [0.5, 0.6) is 0 Å². The van der Waals surface area contributed by atoms with Crippen LogP contribution in [0, 0.1) is 47.3 Å². The van der Waals surface area contributed by atoms with Gasteiger partial charge in [0, 0.05) is 0 Å². The molecule has 4 rings (SSSR count). The molecule has 0 bridgehead atoms. The lowest BCUT2D eigenvalue weighted by Crippen LogP contribution is -2.25. The number of hydrogen-bond donors (Lipinski definition) is 0. The van der Waals surface area contributed by atoms with Crippen molar-refractivity contribution >= 4 is 0 Å². The molecule has 0 aromatic heterocycles. The summed E-state index contributed by atoms with van der Waals surface area (Å²) in [4.78, 5) is 0. The minimum Gasteiger partial charge on any atom is -0.0917 e. The largest absolute Gasteiger partial charge is 0.0917 e. The van der Waals surface area contributed by atoms with Gasteiger partial charge in [0.1, 0.15) is 0 Å². The lowest BCUT2D eigenvalue weighted by molar-refractivity contribution is 0.148. The SMILES string of the molecule is C/C=C/C1CCC(C2CCC(C)CC2)CC1.C/C=C/CCC1CCC(C2CCC(C)CC2)CC1. The highest BCUT2D eigenvalue weighted by Gasteiger charge is 2.30. The van der Waals surface area contributed by atoms with Crippen LogP contribution in [0.25, 0.3) is 0 Å². The zero-order valence-corrected chi connectivity index (χ0v) is 23.7. The summed E-state index contributed by atoms with van der Waals surface area (Å²) in [6.45, 7) is 9.17. The second-order valence-corrected chi connectivity index (χ2v) is 13.2. The van der Waals surface area contributed by atoms with Crippen LogP contribution in [0.15, 0.2) is 24.3 Å². The summed E-state index contributed by atoms with van der Waals surface area (Å²) < 4.78 is 0. The van der Waals surface area contributed by atoms with E-state index in [4.69, 9.17) is 0 Å². The third kappa shape index (κ3) is 9.50. The quantitative estimate of drug-likeness (QED) is 0.340. The first kappa shape index (κ1) is 28.1. The lowest BCUT2D eigenvalue weighted by atomic mass is 9.69. The molecule has 0 spiro atoms. The third-order valence-electron chi connectivity index (χ3n) is 10.6. The van der Waals surface area contributed by atoms with Crippen molar-refractivity contribution in [2.24, 2.45) is 47.3 Å². The Hall–Kier alpha value is -0.520. The highest BCUT2D eigenvalue weighted by atomic mass is 14.4. The van der Waals surface area contributed by atoms with Gasteiger partial charge in [-0.2, -0.15) is 0 Å². The van der Waals surface area contributed by atoms with E-state index in [9.17, 15) is 0 Å². The van der Waals surface area contributed by atoms with Gasteiger partial charge in [-0.25, -0.2) is 0 Å². The van der Waals surface area contributed by atoms with Crippen LogP contribution < -0.4 is 0 Å².